The molecule has 1 aliphatic heterocycles. The zero-order chi connectivity index (χ0) is 19.6. The van der Waals surface area contributed by atoms with Crippen LogP contribution in [0, 0.1) is 12.8 Å². The van der Waals surface area contributed by atoms with Gasteiger partial charge in [0.15, 0.2) is 5.69 Å². The molecule has 1 saturated heterocycles. The summed E-state index contributed by atoms with van der Waals surface area (Å²) in [6.45, 7) is 10.4. The minimum atomic E-state index is -0.0168. The number of hydrogen-bond donors (Lipinski definition) is 0. The zero-order valence-electron chi connectivity index (χ0n) is 16.9. The number of aryl methyl sites for hydroxylation is 2. The standard InChI is InChI=1S/C20H29N5O2/c1-14-12-16(23-24(14)5)19(26)25-10-8-15(9-11-25)13-27-18-7-6-17(21-22-18)20(2,3)4/h6-7,12,15H,8-11,13H2,1-5H3. The van der Waals surface area contributed by atoms with Crippen LogP contribution in [0.25, 0.3) is 0 Å². The van der Waals surface area contributed by atoms with E-state index in [-0.39, 0.29) is 11.3 Å². The summed E-state index contributed by atoms with van der Waals surface area (Å²) in [4.78, 5) is 14.4. The molecule has 27 heavy (non-hydrogen) atoms. The Kier molecular flexibility index (Phi) is 5.48. The molecule has 0 spiro atoms. The zero-order valence-corrected chi connectivity index (χ0v) is 16.9. The van der Waals surface area contributed by atoms with Crippen molar-refractivity contribution in [3.8, 4) is 5.88 Å². The first-order valence-corrected chi connectivity index (χ1v) is 9.51. The number of amides is 1. The fourth-order valence-corrected chi connectivity index (χ4v) is 3.13. The maximum Gasteiger partial charge on any atom is 0.274 e. The molecule has 146 valence electrons. The second kappa shape index (κ2) is 7.66. The van der Waals surface area contributed by atoms with E-state index in [4.69, 9.17) is 4.74 Å². The quantitative estimate of drug-likeness (QED) is 0.826. The molecule has 2 aromatic heterocycles. The smallest absolute Gasteiger partial charge is 0.274 e. The van der Waals surface area contributed by atoms with Gasteiger partial charge in [-0.25, -0.2) is 0 Å². The van der Waals surface area contributed by atoms with Crippen molar-refractivity contribution >= 4 is 5.91 Å². The summed E-state index contributed by atoms with van der Waals surface area (Å²) in [7, 11) is 1.85. The van der Waals surface area contributed by atoms with Crippen LogP contribution >= 0.6 is 0 Å². The van der Waals surface area contributed by atoms with Crippen LogP contribution in [0.1, 0.15) is 55.5 Å². The van der Waals surface area contributed by atoms with Gasteiger partial charge in [-0.05, 0) is 37.8 Å². The summed E-state index contributed by atoms with van der Waals surface area (Å²) >= 11 is 0. The molecule has 0 N–H and O–H groups in total. The number of rotatable bonds is 4. The van der Waals surface area contributed by atoms with Gasteiger partial charge in [-0.3, -0.25) is 9.48 Å². The van der Waals surface area contributed by atoms with Crippen LogP contribution in [0.5, 0.6) is 5.88 Å². The molecule has 0 unspecified atom stereocenters. The molecule has 0 aliphatic carbocycles. The Bertz CT molecular complexity index is 764. The third-order valence-corrected chi connectivity index (χ3v) is 5.11. The predicted octanol–water partition coefficient (Wildman–Crippen LogP) is 2.75. The van der Waals surface area contributed by atoms with Gasteiger partial charge in [-0.1, -0.05) is 20.8 Å². The van der Waals surface area contributed by atoms with E-state index in [0.29, 0.717) is 24.1 Å². The summed E-state index contributed by atoms with van der Waals surface area (Å²) in [6.07, 6.45) is 1.84. The average molecular weight is 371 g/mol. The third-order valence-electron chi connectivity index (χ3n) is 5.11. The van der Waals surface area contributed by atoms with Crippen molar-refractivity contribution in [2.24, 2.45) is 13.0 Å². The van der Waals surface area contributed by atoms with Crippen molar-refractivity contribution in [2.75, 3.05) is 19.7 Å². The van der Waals surface area contributed by atoms with E-state index in [9.17, 15) is 4.79 Å². The first kappa shape index (κ1) is 19.3. The van der Waals surface area contributed by atoms with Gasteiger partial charge in [0.2, 0.25) is 5.88 Å². The molecule has 0 aromatic carbocycles. The van der Waals surface area contributed by atoms with Gasteiger partial charge in [-0.15, -0.1) is 5.10 Å². The Hall–Kier alpha value is -2.44. The van der Waals surface area contributed by atoms with Crippen LogP contribution in [0.4, 0.5) is 0 Å². The minimum absolute atomic E-state index is 0.0155. The van der Waals surface area contributed by atoms with E-state index in [1.54, 1.807) is 4.68 Å². The summed E-state index contributed by atoms with van der Waals surface area (Å²) in [6, 6.07) is 5.70. The topological polar surface area (TPSA) is 73.1 Å². The van der Waals surface area contributed by atoms with Crippen molar-refractivity contribution in [3.63, 3.8) is 0 Å². The fraction of sp³-hybridized carbons (Fsp3) is 0.600. The van der Waals surface area contributed by atoms with E-state index in [1.807, 2.05) is 37.1 Å². The van der Waals surface area contributed by atoms with Crippen LogP contribution in [-0.4, -0.2) is 50.5 Å². The monoisotopic (exact) mass is 371 g/mol. The number of carbonyl (C=O) groups excluding carboxylic acids is 1. The van der Waals surface area contributed by atoms with Gasteiger partial charge in [0.1, 0.15) is 0 Å². The molecule has 7 heteroatoms. The van der Waals surface area contributed by atoms with Crippen molar-refractivity contribution < 1.29 is 9.53 Å². The molecular weight excluding hydrogens is 342 g/mol. The minimum Gasteiger partial charge on any atom is -0.476 e. The molecule has 3 rings (SSSR count). The lowest BCUT2D eigenvalue weighted by molar-refractivity contribution is 0.0652. The Balaban J connectivity index is 1.47. The molecule has 1 aliphatic rings. The lowest BCUT2D eigenvalue weighted by atomic mass is 9.92. The predicted molar refractivity (Wildman–Crippen MR) is 103 cm³/mol. The second-order valence-corrected chi connectivity index (χ2v) is 8.35. The van der Waals surface area contributed by atoms with E-state index < -0.39 is 0 Å². The number of carbonyl (C=O) groups is 1. The highest BCUT2D eigenvalue weighted by atomic mass is 16.5. The normalized spacial score (nSPS) is 15.8. The second-order valence-electron chi connectivity index (χ2n) is 8.35. The number of aromatic nitrogens is 4. The number of ether oxygens (including phenoxy) is 1. The highest BCUT2D eigenvalue weighted by Crippen LogP contribution is 2.22. The van der Waals surface area contributed by atoms with Crippen LogP contribution in [-0.2, 0) is 12.5 Å². The SMILES string of the molecule is Cc1cc(C(=O)N2CCC(COc3ccc(C(C)(C)C)nn3)CC2)nn1C. The first-order chi connectivity index (χ1) is 12.7. The van der Waals surface area contributed by atoms with Gasteiger partial charge < -0.3 is 9.64 Å². The van der Waals surface area contributed by atoms with Gasteiger partial charge in [0.05, 0.1) is 12.3 Å². The summed E-state index contributed by atoms with van der Waals surface area (Å²) in [5.74, 6) is 0.996. The molecule has 7 nitrogen and oxygen atoms in total. The molecule has 1 amide bonds. The Morgan fingerprint density at radius 1 is 1.22 bits per heavy atom. The van der Waals surface area contributed by atoms with E-state index in [2.05, 4.69) is 36.1 Å². The van der Waals surface area contributed by atoms with Gasteiger partial charge in [-0.2, -0.15) is 10.2 Å². The largest absolute Gasteiger partial charge is 0.476 e. The summed E-state index contributed by atoms with van der Waals surface area (Å²) in [5.41, 5.74) is 2.45. The van der Waals surface area contributed by atoms with E-state index in [0.717, 1.165) is 37.3 Å². The molecule has 0 bridgehead atoms. The highest BCUT2D eigenvalue weighted by molar-refractivity contribution is 5.92. The van der Waals surface area contributed by atoms with Crippen LogP contribution in [0.2, 0.25) is 0 Å². The van der Waals surface area contributed by atoms with Crippen LogP contribution in [0.15, 0.2) is 18.2 Å². The Morgan fingerprint density at radius 2 is 1.93 bits per heavy atom. The lowest BCUT2D eigenvalue weighted by Crippen LogP contribution is -2.40. The third kappa shape index (κ3) is 4.64. The fourth-order valence-electron chi connectivity index (χ4n) is 3.13. The van der Waals surface area contributed by atoms with Crippen molar-refractivity contribution in [3.05, 3.63) is 35.3 Å². The van der Waals surface area contributed by atoms with Crippen molar-refractivity contribution in [1.82, 2.24) is 24.9 Å². The molecule has 2 aromatic rings. The van der Waals surface area contributed by atoms with Gasteiger partial charge >= 0.3 is 0 Å². The first-order valence-electron chi connectivity index (χ1n) is 9.51. The Morgan fingerprint density at radius 3 is 2.44 bits per heavy atom. The highest BCUT2D eigenvalue weighted by Gasteiger charge is 2.26. The maximum atomic E-state index is 12.6. The number of hydrogen-bond acceptors (Lipinski definition) is 5. The van der Waals surface area contributed by atoms with Crippen LogP contribution < -0.4 is 4.74 Å². The molecule has 0 radical (unpaired) electrons. The molecule has 3 heterocycles. The maximum absolute atomic E-state index is 12.6. The van der Waals surface area contributed by atoms with Crippen molar-refractivity contribution in [1.29, 1.82) is 0 Å². The Labute approximate surface area is 160 Å². The van der Waals surface area contributed by atoms with E-state index in [1.165, 1.54) is 0 Å². The number of likely N-dealkylation sites (tertiary alicyclic amines) is 1. The average Bonchev–Trinajstić information content (AvgIpc) is 2.98. The van der Waals surface area contributed by atoms with Crippen molar-refractivity contribution in [2.45, 2.75) is 46.0 Å². The number of nitrogens with zero attached hydrogens (tertiary/aromatic N) is 5. The molecular formula is C20H29N5O2. The molecule has 0 atom stereocenters. The van der Waals surface area contributed by atoms with Gasteiger partial charge in [0.25, 0.3) is 5.91 Å². The summed E-state index contributed by atoms with van der Waals surface area (Å²) < 4.78 is 7.56. The molecule has 1 fully saturated rings. The number of piperidine rings is 1. The van der Waals surface area contributed by atoms with Gasteiger partial charge in [0, 0.05) is 37.3 Å². The lowest BCUT2D eigenvalue weighted by Gasteiger charge is -2.31. The van der Waals surface area contributed by atoms with Crippen LogP contribution in [0.3, 0.4) is 0 Å². The molecule has 0 saturated carbocycles. The summed E-state index contributed by atoms with van der Waals surface area (Å²) in [5, 5.41) is 12.7. The van der Waals surface area contributed by atoms with E-state index >= 15 is 0 Å².